The molecule has 0 bridgehead atoms. The first-order chi connectivity index (χ1) is 17.9. The zero-order chi connectivity index (χ0) is 26.4. The predicted molar refractivity (Wildman–Crippen MR) is 144 cm³/mol. The van der Waals surface area contributed by atoms with Gasteiger partial charge in [0.15, 0.2) is 23.4 Å². The molecule has 3 aromatic carbocycles. The maximum atomic E-state index is 13.4. The minimum atomic E-state index is -0.883. The van der Waals surface area contributed by atoms with Crippen LogP contribution in [0.5, 0.6) is 11.5 Å². The molecule has 0 amide bonds. The monoisotopic (exact) mass is 519 g/mol. The number of benzene rings is 3. The molecular weight excluding hydrogens is 494 g/mol. The lowest BCUT2D eigenvalue weighted by Gasteiger charge is -2.18. The summed E-state index contributed by atoms with van der Waals surface area (Å²) in [4.78, 5) is 30.1. The third-order valence-electron chi connectivity index (χ3n) is 5.35. The molecule has 37 heavy (non-hydrogen) atoms. The van der Waals surface area contributed by atoms with Crippen molar-refractivity contribution in [1.29, 1.82) is 0 Å². The third kappa shape index (κ3) is 5.81. The van der Waals surface area contributed by atoms with Crippen molar-refractivity contribution in [3.8, 4) is 22.9 Å². The number of nitrogens with zero attached hydrogens (tertiary/aromatic N) is 3. The molecule has 0 spiro atoms. The molecule has 9 heteroatoms. The lowest BCUT2D eigenvalue weighted by molar-refractivity contribution is -0.150. The highest BCUT2D eigenvalue weighted by Gasteiger charge is 2.21. The van der Waals surface area contributed by atoms with E-state index in [2.05, 4.69) is 5.10 Å². The van der Waals surface area contributed by atoms with Gasteiger partial charge in [-0.15, -0.1) is 0 Å². The smallest absolute Gasteiger partial charge is 0.347 e. The molecule has 1 atom stereocenters. The number of carbonyl (C=O) groups excluding carboxylic acids is 1. The van der Waals surface area contributed by atoms with Crippen LogP contribution in [-0.4, -0.2) is 41.2 Å². The highest BCUT2D eigenvalue weighted by Crippen LogP contribution is 2.37. The van der Waals surface area contributed by atoms with Crippen molar-refractivity contribution >= 4 is 34.7 Å². The van der Waals surface area contributed by atoms with Crippen LogP contribution < -0.4 is 15.0 Å². The van der Waals surface area contributed by atoms with E-state index in [9.17, 15) is 9.59 Å². The Bertz CT molecular complexity index is 1500. The van der Waals surface area contributed by atoms with Crippen molar-refractivity contribution in [1.82, 2.24) is 9.66 Å². The normalized spacial score (nSPS) is 12.0. The molecule has 0 saturated heterocycles. The number of rotatable bonds is 9. The van der Waals surface area contributed by atoms with Crippen molar-refractivity contribution in [3.05, 3.63) is 87.7 Å². The van der Waals surface area contributed by atoms with E-state index in [-0.39, 0.29) is 22.9 Å². The Labute approximate surface area is 219 Å². The van der Waals surface area contributed by atoms with E-state index >= 15 is 0 Å². The second-order valence-corrected chi connectivity index (χ2v) is 8.36. The number of hydrogen-bond donors (Lipinski definition) is 0. The Hall–Kier alpha value is -4.17. The Morgan fingerprint density at radius 1 is 1.08 bits per heavy atom. The minimum Gasteiger partial charge on any atom is -0.490 e. The Kier molecular flexibility index (Phi) is 8.20. The van der Waals surface area contributed by atoms with E-state index in [0.29, 0.717) is 34.6 Å². The summed E-state index contributed by atoms with van der Waals surface area (Å²) in [5.74, 6) is 0.443. The van der Waals surface area contributed by atoms with Crippen LogP contribution in [0.2, 0.25) is 5.02 Å². The minimum absolute atomic E-state index is 0.218. The van der Waals surface area contributed by atoms with E-state index < -0.39 is 12.1 Å². The van der Waals surface area contributed by atoms with Gasteiger partial charge in [0, 0.05) is 5.56 Å². The molecule has 8 nitrogen and oxygen atoms in total. The fourth-order valence-electron chi connectivity index (χ4n) is 3.65. The van der Waals surface area contributed by atoms with Crippen LogP contribution in [0.25, 0.3) is 22.3 Å². The number of halogens is 1. The van der Waals surface area contributed by atoms with Crippen molar-refractivity contribution in [3.63, 3.8) is 0 Å². The van der Waals surface area contributed by atoms with Gasteiger partial charge in [-0.2, -0.15) is 9.78 Å². The number of hydrogen-bond acceptors (Lipinski definition) is 7. The lowest BCUT2D eigenvalue weighted by atomic mass is 10.2. The van der Waals surface area contributed by atoms with Gasteiger partial charge in [-0.1, -0.05) is 54.1 Å². The quantitative estimate of drug-likeness (QED) is 0.219. The molecule has 0 aliphatic heterocycles. The zero-order valence-electron chi connectivity index (χ0n) is 20.7. The Morgan fingerprint density at radius 2 is 1.81 bits per heavy atom. The highest BCUT2D eigenvalue weighted by atomic mass is 35.5. The van der Waals surface area contributed by atoms with Crippen molar-refractivity contribution in [2.24, 2.45) is 5.10 Å². The molecule has 1 heterocycles. The summed E-state index contributed by atoms with van der Waals surface area (Å²) in [6, 6.07) is 19.8. The van der Waals surface area contributed by atoms with Crippen LogP contribution in [0.1, 0.15) is 26.3 Å². The number of esters is 1. The second kappa shape index (κ2) is 11.7. The first-order valence-electron chi connectivity index (χ1n) is 11.8. The van der Waals surface area contributed by atoms with E-state index in [1.165, 1.54) is 10.9 Å². The number of para-hydroxylation sites is 1. The van der Waals surface area contributed by atoms with Gasteiger partial charge in [-0.05, 0) is 50.6 Å². The summed E-state index contributed by atoms with van der Waals surface area (Å²) in [6.45, 7) is 5.69. The molecule has 0 radical (unpaired) electrons. The summed E-state index contributed by atoms with van der Waals surface area (Å²) in [5, 5.41) is 5.14. The topological polar surface area (TPSA) is 92.0 Å². The van der Waals surface area contributed by atoms with Gasteiger partial charge >= 0.3 is 5.97 Å². The molecule has 0 N–H and O–H groups in total. The largest absolute Gasteiger partial charge is 0.490 e. The van der Waals surface area contributed by atoms with Crippen LogP contribution in [0.15, 0.2) is 76.6 Å². The van der Waals surface area contributed by atoms with E-state index in [4.69, 9.17) is 30.8 Å². The van der Waals surface area contributed by atoms with Gasteiger partial charge < -0.3 is 14.2 Å². The molecule has 0 aliphatic rings. The van der Waals surface area contributed by atoms with Crippen molar-refractivity contribution in [2.75, 3.05) is 13.2 Å². The van der Waals surface area contributed by atoms with Crippen LogP contribution in [0, 0.1) is 0 Å². The van der Waals surface area contributed by atoms with Crippen LogP contribution in [0.3, 0.4) is 0 Å². The van der Waals surface area contributed by atoms with Gasteiger partial charge in [0.1, 0.15) is 0 Å². The molecule has 0 unspecified atom stereocenters. The molecule has 0 fully saturated rings. The molecule has 4 aromatic rings. The molecular formula is C28H26ClN3O5. The molecule has 0 saturated carbocycles. The maximum absolute atomic E-state index is 13.4. The van der Waals surface area contributed by atoms with Crippen LogP contribution in [0.4, 0.5) is 0 Å². The average molecular weight is 520 g/mol. The first-order valence-corrected chi connectivity index (χ1v) is 12.2. The summed E-state index contributed by atoms with van der Waals surface area (Å²) in [5.41, 5.74) is 1.58. The molecule has 190 valence electrons. The standard InChI is InChI=1S/C28H26ClN3O5/c1-4-35-24-16-19(15-22(29)25(24)37-18(3)28(34)36-5-2)17-30-32-26(20-11-7-6-8-12-20)31-23-14-10-9-13-21(23)27(32)33/h6-18H,4-5H2,1-3H3/t18-/m1/s1. The SMILES string of the molecule is CCOC(=O)[C@@H](C)Oc1c(Cl)cc(C=Nn2c(-c3ccccc3)nc3ccccc3c2=O)cc1OCC. The van der Waals surface area contributed by atoms with Gasteiger partial charge in [0.25, 0.3) is 5.56 Å². The maximum Gasteiger partial charge on any atom is 0.347 e. The average Bonchev–Trinajstić information content (AvgIpc) is 2.90. The summed E-state index contributed by atoms with van der Waals surface area (Å²) in [6.07, 6.45) is 0.615. The summed E-state index contributed by atoms with van der Waals surface area (Å²) >= 11 is 6.51. The fourth-order valence-corrected chi connectivity index (χ4v) is 3.92. The number of aromatic nitrogens is 2. The zero-order valence-corrected chi connectivity index (χ0v) is 21.4. The van der Waals surface area contributed by atoms with Crippen LogP contribution in [-0.2, 0) is 9.53 Å². The van der Waals surface area contributed by atoms with Gasteiger partial charge in [0.05, 0.1) is 35.4 Å². The summed E-state index contributed by atoms with van der Waals surface area (Å²) in [7, 11) is 0. The number of fused-ring (bicyclic) bond motifs is 1. The van der Waals surface area contributed by atoms with Crippen molar-refractivity contribution in [2.45, 2.75) is 26.9 Å². The highest BCUT2D eigenvalue weighted by molar-refractivity contribution is 6.32. The fraction of sp³-hybridized carbons (Fsp3) is 0.214. The Morgan fingerprint density at radius 3 is 2.54 bits per heavy atom. The second-order valence-electron chi connectivity index (χ2n) is 7.96. The molecule has 1 aromatic heterocycles. The first kappa shape index (κ1) is 25.9. The molecule has 0 aliphatic carbocycles. The van der Waals surface area contributed by atoms with E-state index in [1.54, 1.807) is 44.2 Å². The van der Waals surface area contributed by atoms with Crippen molar-refractivity contribution < 1.29 is 19.0 Å². The number of ether oxygens (including phenoxy) is 3. The lowest BCUT2D eigenvalue weighted by Crippen LogP contribution is -2.26. The van der Waals surface area contributed by atoms with Crippen LogP contribution >= 0.6 is 11.6 Å². The molecule has 4 rings (SSSR count). The van der Waals surface area contributed by atoms with E-state index in [1.807, 2.05) is 43.3 Å². The summed E-state index contributed by atoms with van der Waals surface area (Å²) < 4.78 is 17.8. The number of carbonyl (C=O) groups is 1. The third-order valence-corrected chi connectivity index (χ3v) is 5.63. The van der Waals surface area contributed by atoms with E-state index in [0.717, 1.165) is 5.56 Å². The van der Waals surface area contributed by atoms with Gasteiger partial charge in [-0.3, -0.25) is 4.79 Å². The van der Waals surface area contributed by atoms with Gasteiger partial charge in [0.2, 0.25) is 0 Å². The van der Waals surface area contributed by atoms with Gasteiger partial charge in [-0.25, -0.2) is 9.78 Å². The Balaban J connectivity index is 1.77. The predicted octanol–water partition coefficient (Wildman–Crippen LogP) is 5.33.